The Balaban J connectivity index is 1.57. The van der Waals surface area contributed by atoms with Crippen LogP contribution in [-0.4, -0.2) is 39.7 Å². The van der Waals surface area contributed by atoms with E-state index in [1.807, 2.05) is 31.4 Å². The molecular formula is C18H21ClN4O. The second-order valence-electron chi connectivity index (χ2n) is 6.78. The fraction of sp³-hybridized carbons (Fsp3) is 0.444. The van der Waals surface area contributed by atoms with Crippen LogP contribution >= 0.6 is 11.6 Å². The van der Waals surface area contributed by atoms with E-state index in [-0.39, 0.29) is 11.9 Å². The van der Waals surface area contributed by atoms with Gasteiger partial charge < -0.3 is 0 Å². The monoisotopic (exact) mass is 344 g/mol. The van der Waals surface area contributed by atoms with Gasteiger partial charge in [-0.3, -0.25) is 19.3 Å². The van der Waals surface area contributed by atoms with Crippen LogP contribution in [0.5, 0.6) is 0 Å². The summed E-state index contributed by atoms with van der Waals surface area (Å²) in [5, 5.41) is 5.17. The number of hydrogen-bond donors (Lipinski definition) is 0. The molecule has 0 aliphatic carbocycles. The van der Waals surface area contributed by atoms with Crippen molar-refractivity contribution in [1.29, 1.82) is 0 Å². The molecule has 3 heterocycles. The van der Waals surface area contributed by atoms with Crippen molar-refractivity contribution in [3.05, 3.63) is 46.6 Å². The van der Waals surface area contributed by atoms with Gasteiger partial charge in [-0.05, 0) is 29.5 Å². The van der Waals surface area contributed by atoms with E-state index in [0.717, 1.165) is 36.9 Å². The first-order chi connectivity index (χ1) is 11.5. The van der Waals surface area contributed by atoms with E-state index >= 15 is 0 Å². The zero-order valence-corrected chi connectivity index (χ0v) is 14.7. The summed E-state index contributed by atoms with van der Waals surface area (Å²) >= 11 is 6.41. The Morgan fingerprint density at radius 2 is 2.12 bits per heavy atom. The zero-order valence-electron chi connectivity index (χ0n) is 13.9. The molecule has 1 saturated heterocycles. The molecule has 0 radical (unpaired) electrons. The highest BCUT2D eigenvalue weighted by atomic mass is 35.5. The number of amides is 1. The van der Waals surface area contributed by atoms with Crippen LogP contribution in [0.1, 0.15) is 30.4 Å². The predicted molar refractivity (Wildman–Crippen MR) is 94.2 cm³/mol. The van der Waals surface area contributed by atoms with Crippen LogP contribution in [0.25, 0.3) is 0 Å². The first-order valence-electron chi connectivity index (χ1n) is 8.37. The third kappa shape index (κ3) is 2.52. The van der Waals surface area contributed by atoms with E-state index in [1.165, 1.54) is 11.1 Å². The average Bonchev–Trinajstić information content (AvgIpc) is 3.14. The minimum absolute atomic E-state index is 0.0844. The number of carbonyl (C=O) groups is 1. The molecule has 5 nitrogen and oxygen atoms in total. The number of anilines is 1. The molecule has 0 bridgehead atoms. The van der Waals surface area contributed by atoms with E-state index < -0.39 is 0 Å². The Hall–Kier alpha value is -1.85. The Labute approximate surface area is 146 Å². The smallest absolute Gasteiger partial charge is 0.245 e. The van der Waals surface area contributed by atoms with Gasteiger partial charge in [-0.1, -0.05) is 30.7 Å². The number of halogens is 1. The summed E-state index contributed by atoms with van der Waals surface area (Å²) in [6, 6.07) is 7.91. The summed E-state index contributed by atoms with van der Waals surface area (Å²) in [4.78, 5) is 17.0. The lowest BCUT2D eigenvalue weighted by Crippen LogP contribution is -2.45. The lowest BCUT2D eigenvalue weighted by Gasteiger charge is -2.36. The van der Waals surface area contributed by atoms with Gasteiger partial charge in [0.2, 0.25) is 5.91 Å². The zero-order chi connectivity index (χ0) is 16.8. The van der Waals surface area contributed by atoms with Crippen molar-refractivity contribution in [3.8, 4) is 0 Å². The lowest BCUT2D eigenvalue weighted by molar-refractivity contribution is -0.122. The fourth-order valence-corrected chi connectivity index (χ4v) is 4.18. The number of aromatic nitrogens is 2. The van der Waals surface area contributed by atoms with Gasteiger partial charge >= 0.3 is 0 Å². The molecule has 0 spiro atoms. The van der Waals surface area contributed by atoms with Gasteiger partial charge in [-0.25, -0.2) is 0 Å². The maximum Gasteiger partial charge on any atom is 0.245 e. The maximum absolute atomic E-state index is 12.9. The summed E-state index contributed by atoms with van der Waals surface area (Å²) < 4.78 is 1.73. The highest BCUT2D eigenvalue weighted by Gasteiger charge is 2.39. The number of carbonyl (C=O) groups excluding carboxylic acids is 1. The normalized spacial score (nSPS) is 24.5. The van der Waals surface area contributed by atoms with Crippen LogP contribution in [-0.2, 0) is 18.4 Å². The van der Waals surface area contributed by atoms with Crippen LogP contribution < -0.4 is 4.90 Å². The number of aryl methyl sites for hydroxylation is 1. The van der Waals surface area contributed by atoms with Crippen LogP contribution in [0.4, 0.5) is 5.82 Å². The number of rotatable bonds is 2. The maximum atomic E-state index is 12.9. The second kappa shape index (κ2) is 5.90. The Kier molecular flexibility index (Phi) is 3.85. The standard InChI is InChI=1S/C18H21ClN4O/c1-12-10-22(11-14-13(12)4-3-5-15(14)19)16-6-9-23(18(16)24)17-7-8-21(2)20-17/h3-5,7-8,12,16H,6,9-11H2,1-2H3. The third-order valence-electron chi connectivity index (χ3n) is 5.15. The van der Waals surface area contributed by atoms with Gasteiger partial charge in [-0.2, -0.15) is 5.10 Å². The van der Waals surface area contributed by atoms with Gasteiger partial charge in [0.25, 0.3) is 0 Å². The molecule has 2 unspecified atom stereocenters. The Morgan fingerprint density at radius 1 is 1.29 bits per heavy atom. The molecule has 1 fully saturated rings. The molecule has 1 aromatic carbocycles. The van der Waals surface area contributed by atoms with Crippen LogP contribution in [0.2, 0.25) is 5.02 Å². The van der Waals surface area contributed by atoms with Crippen molar-refractivity contribution in [2.24, 2.45) is 7.05 Å². The SMILES string of the molecule is CC1CN(C2CCN(c3ccn(C)n3)C2=O)Cc2c(Cl)cccc21. The molecule has 24 heavy (non-hydrogen) atoms. The van der Waals surface area contributed by atoms with Gasteiger partial charge in [0.05, 0.1) is 6.04 Å². The minimum Gasteiger partial charge on any atom is -0.294 e. The van der Waals surface area contributed by atoms with E-state index in [4.69, 9.17) is 11.6 Å². The van der Waals surface area contributed by atoms with Gasteiger partial charge in [0, 0.05) is 44.0 Å². The molecule has 1 amide bonds. The lowest BCUT2D eigenvalue weighted by atomic mass is 9.90. The van der Waals surface area contributed by atoms with Crippen LogP contribution in [0.15, 0.2) is 30.5 Å². The Bertz CT molecular complexity index is 787. The average molecular weight is 345 g/mol. The molecule has 0 saturated carbocycles. The van der Waals surface area contributed by atoms with Crippen molar-refractivity contribution in [2.75, 3.05) is 18.0 Å². The van der Waals surface area contributed by atoms with Gasteiger partial charge in [0.1, 0.15) is 0 Å². The van der Waals surface area contributed by atoms with Gasteiger partial charge in [-0.15, -0.1) is 0 Å². The van der Waals surface area contributed by atoms with E-state index in [0.29, 0.717) is 5.92 Å². The van der Waals surface area contributed by atoms with E-state index in [9.17, 15) is 4.79 Å². The van der Waals surface area contributed by atoms with Crippen molar-refractivity contribution in [1.82, 2.24) is 14.7 Å². The molecule has 2 atom stereocenters. The summed E-state index contributed by atoms with van der Waals surface area (Å²) in [6.45, 7) is 4.56. The number of benzene rings is 1. The molecular weight excluding hydrogens is 324 g/mol. The van der Waals surface area contributed by atoms with Crippen molar-refractivity contribution in [2.45, 2.75) is 31.8 Å². The van der Waals surface area contributed by atoms with E-state index in [2.05, 4.69) is 23.0 Å². The fourth-order valence-electron chi connectivity index (χ4n) is 3.94. The largest absolute Gasteiger partial charge is 0.294 e. The van der Waals surface area contributed by atoms with Crippen molar-refractivity contribution in [3.63, 3.8) is 0 Å². The summed E-state index contributed by atoms with van der Waals surface area (Å²) in [5.41, 5.74) is 2.48. The number of hydrogen-bond acceptors (Lipinski definition) is 3. The highest BCUT2D eigenvalue weighted by Crippen LogP contribution is 2.35. The predicted octanol–water partition coefficient (Wildman–Crippen LogP) is 2.80. The molecule has 2 aliphatic rings. The van der Waals surface area contributed by atoms with Crippen LogP contribution in [0.3, 0.4) is 0 Å². The molecule has 2 aliphatic heterocycles. The molecule has 2 aromatic rings. The van der Waals surface area contributed by atoms with Crippen LogP contribution in [0, 0.1) is 0 Å². The van der Waals surface area contributed by atoms with Crippen molar-refractivity contribution >= 4 is 23.3 Å². The summed E-state index contributed by atoms with van der Waals surface area (Å²) in [6.07, 6.45) is 2.71. The summed E-state index contributed by atoms with van der Waals surface area (Å²) in [5.74, 6) is 1.27. The minimum atomic E-state index is -0.0844. The first-order valence-corrected chi connectivity index (χ1v) is 8.74. The molecule has 126 valence electrons. The molecule has 6 heteroatoms. The quantitative estimate of drug-likeness (QED) is 0.841. The second-order valence-corrected chi connectivity index (χ2v) is 7.19. The molecule has 4 rings (SSSR count). The Morgan fingerprint density at radius 3 is 2.88 bits per heavy atom. The number of nitrogens with zero attached hydrogens (tertiary/aromatic N) is 4. The topological polar surface area (TPSA) is 41.4 Å². The molecule has 0 N–H and O–H groups in total. The molecule has 1 aromatic heterocycles. The summed E-state index contributed by atoms with van der Waals surface area (Å²) in [7, 11) is 1.87. The number of fused-ring (bicyclic) bond motifs is 1. The van der Waals surface area contributed by atoms with E-state index in [1.54, 1.807) is 9.58 Å². The van der Waals surface area contributed by atoms with Crippen molar-refractivity contribution < 1.29 is 4.79 Å². The highest BCUT2D eigenvalue weighted by molar-refractivity contribution is 6.31. The third-order valence-corrected chi connectivity index (χ3v) is 5.50. The first kappa shape index (κ1) is 15.7. The van der Waals surface area contributed by atoms with Gasteiger partial charge in [0.15, 0.2) is 5.82 Å².